The van der Waals surface area contributed by atoms with Crippen molar-refractivity contribution in [1.29, 1.82) is 0 Å². The second kappa shape index (κ2) is 3.11. The van der Waals surface area contributed by atoms with Crippen LogP contribution < -0.4 is 11.1 Å². The van der Waals surface area contributed by atoms with Crippen LogP contribution in [0.4, 0.5) is 11.4 Å². The van der Waals surface area contributed by atoms with Gasteiger partial charge in [0.05, 0.1) is 23.1 Å². The first-order valence-electron chi connectivity index (χ1n) is 5.59. The van der Waals surface area contributed by atoms with E-state index in [9.17, 15) is 0 Å². The quantitative estimate of drug-likeness (QED) is 0.806. The zero-order chi connectivity index (χ0) is 11.2. The largest absolute Gasteiger partial charge is 0.396 e. The zero-order valence-electron chi connectivity index (χ0n) is 9.33. The third-order valence-electron chi connectivity index (χ3n) is 3.23. The summed E-state index contributed by atoms with van der Waals surface area (Å²) in [6.45, 7) is 2.22. The minimum Gasteiger partial charge on any atom is -0.396 e. The van der Waals surface area contributed by atoms with E-state index in [0.29, 0.717) is 0 Å². The van der Waals surface area contributed by atoms with Gasteiger partial charge in [-0.25, -0.2) is 0 Å². The lowest BCUT2D eigenvalue weighted by atomic mass is 10.1. The lowest BCUT2D eigenvalue weighted by Crippen LogP contribution is -2.17. The molecule has 0 saturated heterocycles. The van der Waals surface area contributed by atoms with Crippen molar-refractivity contribution in [2.45, 2.75) is 25.3 Å². The minimum absolute atomic E-state index is 0.234. The van der Waals surface area contributed by atoms with Gasteiger partial charge in [0, 0.05) is 10.9 Å². The number of nitrogens with zero attached hydrogens (tertiary/aromatic N) is 1. The Labute approximate surface area is 94.7 Å². The molecule has 1 aliphatic rings. The Morgan fingerprint density at radius 3 is 2.81 bits per heavy atom. The summed E-state index contributed by atoms with van der Waals surface area (Å²) in [5, 5.41) is 4.65. The molecule has 1 saturated carbocycles. The molecule has 1 heterocycles. The number of nitrogens with one attached hydrogen (secondary N) is 1. The monoisotopic (exact) mass is 213 g/mol. The van der Waals surface area contributed by atoms with Crippen LogP contribution in [-0.2, 0) is 0 Å². The van der Waals surface area contributed by atoms with E-state index in [0.717, 1.165) is 22.3 Å². The Morgan fingerprint density at radius 1 is 1.31 bits per heavy atom. The predicted molar refractivity (Wildman–Crippen MR) is 67.4 cm³/mol. The highest BCUT2D eigenvalue weighted by Gasteiger charge is 2.37. The van der Waals surface area contributed by atoms with Gasteiger partial charge < -0.3 is 11.1 Å². The molecule has 16 heavy (non-hydrogen) atoms. The van der Waals surface area contributed by atoms with Crippen LogP contribution in [0.1, 0.15) is 19.8 Å². The molecule has 3 rings (SSSR count). The van der Waals surface area contributed by atoms with Crippen LogP contribution in [0.3, 0.4) is 0 Å². The summed E-state index contributed by atoms with van der Waals surface area (Å²) in [6.07, 6.45) is 4.16. The lowest BCUT2D eigenvalue weighted by Gasteiger charge is -2.17. The van der Waals surface area contributed by atoms with Crippen LogP contribution in [0.25, 0.3) is 10.9 Å². The number of hydrogen-bond donors (Lipinski definition) is 2. The number of rotatable bonds is 2. The van der Waals surface area contributed by atoms with Crippen molar-refractivity contribution in [3.8, 4) is 0 Å². The normalized spacial score (nSPS) is 17.3. The standard InChI is InChI=1S/C13H15N3/c1-13(6-7-13)16-12-9-4-2-3-5-11(9)15-8-10(12)14/h2-5,8H,6-7,14H2,1H3,(H,15,16). The lowest BCUT2D eigenvalue weighted by molar-refractivity contribution is 0.831. The molecule has 1 aliphatic carbocycles. The van der Waals surface area contributed by atoms with E-state index in [2.05, 4.69) is 23.3 Å². The summed E-state index contributed by atoms with van der Waals surface area (Å²) >= 11 is 0. The van der Waals surface area contributed by atoms with Crippen LogP contribution in [0.15, 0.2) is 30.5 Å². The van der Waals surface area contributed by atoms with Crippen molar-refractivity contribution in [3.05, 3.63) is 30.5 Å². The highest BCUT2D eigenvalue weighted by molar-refractivity contribution is 5.97. The molecule has 0 atom stereocenters. The van der Waals surface area contributed by atoms with Crippen LogP contribution in [0, 0.1) is 0 Å². The number of nitrogen functional groups attached to an aromatic ring is 1. The van der Waals surface area contributed by atoms with E-state index < -0.39 is 0 Å². The fraction of sp³-hybridized carbons (Fsp3) is 0.308. The second-order valence-corrected chi connectivity index (χ2v) is 4.79. The summed E-state index contributed by atoms with van der Waals surface area (Å²) in [4.78, 5) is 4.33. The predicted octanol–water partition coefficient (Wildman–Crippen LogP) is 2.78. The second-order valence-electron chi connectivity index (χ2n) is 4.79. The summed E-state index contributed by atoms with van der Waals surface area (Å²) in [5.74, 6) is 0. The third kappa shape index (κ3) is 1.48. The molecule has 82 valence electrons. The highest BCUT2D eigenvalue weighted by Crippen LogP contribution is 2.41. The molecule has 0 spiro atoms. The molecule has 1 fully saturated rings. The smallest absolute Gasteiger partial charge is 0.0743 e. The fourth-order valence-electron chi connectivity index (χ4n) is 1.91. The first-order valence-corrected chi connectivity index (χ1v) is 5.59. The van der Waals surface area contributed by atoms with Crippen LogP contribution in [0.5, 0.6) is 0 Å². The van der Waals surface area contributed by atoms with Gasteiger partial charge in [0.1, 0.15) is 0 Å². The van der Waals surface area contributed by atoms with E-state index in [1.807, 2.05) is 18.2 Å². The Hall–Kier alpha value is -1.77. The van der Waals surface area contributed by atoms with E-state index >= 15 is 0 Å². The molecular weight excluding hydrogens is 198 g/mol. The van der Waals surface area contributed by atoms with Crippen LogP contribution >= 0.6 is 0 Å². The number of para-hydroxylation sites is 1. The average Bonchev–Trinajstić information content (AvgIpc) is 3.01. The molecule has 0 aliphatic heterocycles. The number of nitrogens with two attached hydrogens (primary N) is 1. The van der Waals surface area contributed by atoms with Crippen LogP contribution in [-0.4, -0.2) is 10.5 Å². The Bertz CT molecular complexity index is 544. The highest BCUT2D eigenvalue weighted by atomic mass is 15.0. The number of hydrogen-bond acceptors (Lipinski definition) is 3. The SMILES string of the molecule is CC1(Nc2c(N)cnc3ccccc23)CC1. The van der Waals surface area contributed by atoms with Gasteiger partial charge in [-0.15, -0.1) is 0 Å². The van der Waals surface area contributed by atoms with Gasteiger partial charge in [-0.1, -0.05) is 18.2 Å². The molecule has 3 heteroatoms. The number of aromatic nitrogens is 1. The molecule has 3 nitrogen and oxygen atoms in total. The van der Waals surface area contributed by atoms with Gasteiger partial charge in [-0.3, -0.25) is 4.98 Å². The van der Waals surface area contributed by atoms with Gasteiger partial charge in [0.25, 0.3) is 0 Å². The van der Waals surface area contributed by atoms with Crippen molar-refractivity contribution in [1.82, 2.24) is 4.98 Å². The third-order valence-corrected chi connectivity index (χ3v) is 3.23. The summed E-state index contributed by atoms with van der Waals surface area (Å²) in [5.41, 5.74) is 8.98. The molecule has 0 unspecified atom stereocenters. The Morgan fingerprint density at radius 2 is 2.06 bits per heavy atom. The van der Waals surface area contributed by atoms with Crippen molar-refractivity contribution in [2.24, 2.45) is 0 Å². The van der Waals surface area contributed by atoms with Gasteiger partial charge in [0.2, 0.25) is 0 Å². The van der Waals surface area contributed by atoms with Gasteiger partial charge in [0.15, 0.2) is 0 Å². The molecule has 0 amide bonds. The first-order chi connectivity index (χ1) is 7.68. The van der Waals surface area contributed by atoms with Crippen molar-refractivity contribution in [2.75, 3.05) is 11.1 Å². The molecule has 3 N–H and O–H groups in total. The topological polar surface area (TPSA) is 50.9 Å². The number of anilines is 2. The minimum atomic E-state index is 0.234. The van der Waals surface area contributed by atoms with Gasteiger partial charge in [-0.05, 0) is 25.8 Å². The van der Waals surface area contributed by atoms with Crippen molar-refractivity contribution >= 4 is 22.3 Å². The van der Waals surface area contributed by atoms with Crippen LogP contribution in [0.2, 0.25) is 0 Å². The van der Waals surface area contributed by atoms with E-state index in [1.165, 1.54) is 12.8 Å². The Kier molecular flexibility index (Phi) is 1.84. The molecule has 1 aromatic heterocycles. The summed E-state index contributed by atoms with van der Waals surface area (Å²) < 4.78 is 0. The fourth-order valence-corrected chi connectivity index (χ4v) is 1.91. The van der Waals surface area contributed by atoms with Crippen molar-refractivity contribution in [3.63, 3.8) is 0 Å². The maximum atomic E-state index is 6.00. The molecular formula is C13H15N3. The summed E-state index contributed by atoms with van der Waals surface area (Å²) in [7, 11) is 0. The summed E-state index contributed by atoms with van der Waals surface area (Å²) in [6, 6.07) is 8.08. The van der Waals surface area contributed by atoms with Crippen molar-refractivity contribution < 1.29 is 0 Å². The number of benzene rings is 1. The molecule has 0 radical (unpaired) electrons. The first kappa shape index (κ1) is 9.46. The molecule has 2 aromatic rings. The Balaban J connectivity index is 2.16. The average molecular weight is 213 g/mol. The van der Waals surface area contributed by atoms with E-state index in [-0.39, 0.29) is 5.54 Å². The van der Waals surface area contributed by atoms with Gasteiger partial charge >= 0.3 is 0 Å². The van der Waals surface area contributed by atoms with E-state index in [1.54, 1.807) is 6.20 Å². The maximum absolute atomic E-state index is 6.00. The molecule has 0 bridgehead atoms. The van der Waals surface area contributed by atoms with Gasteiger partial charge in [-0.2, -0.15) is 0 Å². The zero-order valence-corrected chi connectivity index (χ0v) is 9.33. The number of fused-ring (bicyclic) bond motifs is 1. The molecule has 1 aromatic carbocycles. The number of pyridine rings is 1. The van der Waals surface area contributed by atoms with E-state index in [4.69, 9.17) is 5.73 Å². The maximum Gasteiger partial charge on any atom is 0.0743 e.